The zero-order chi connectivity index (χ0) is 15.2. The Morgan fingerprint density at radius 2 is 1.95 bits per heavy atom. The number of carbonyl (C=O) groups is 1. The van der Waals surface area contributed by atoms with Crippen LogP contribution in [0, 0.1) is 6.92 Å². The van der Waals surface area contributed by atoms with Gasteiger partial charge in [-0.3, -0.25) is 0 Å². The molecule has 110 valence electrons. The highest BCUT2D eigenvalue weighted by molar-refractivity contribution is 5.92. The molecule has 2 aromatic rings. The van der Waals surface area contributed by atoms with E-state index >= 15 is 0 Å². The Bertz CT molecular complexity index is 638. The summed E-state index contributed by atoms with van der Waals surface area (Å²) < 4.78 is 10.4. The molecule has 0 spiro atoms. The predicted molar refractivity (Wildman–Crippen MR) is 82.5 cm³/mol. The highest BCUT2D eigenvalue weighted by Gasteiger charge is 2.11. The first-order chi connectivity index (χ1) is 10.2. The monoisotopic (exact) mass is 285 g/mol. The van der Waals surface area contributed by atoms with Crippen LogP contribution in [0.4, 0.5) is 0 Å². The molecule has 0 aromatic heterocycles. The summed E-state index contributed by atoms with van der Waals surface area (Å²) in [6.07, 6.45) is 0. The van der Waals surface area contributed by atoms with E-state index in [1.807, 2.05) is 43.3 Å². The SMILES string of the molecule is COC(=O)c1cc(OCCN)cc(-c2ccccc2C)c1. The molecule has 0 radical (unpaired) electrons. The average molecular weight is 285 g/mol. The van der Waals surface area contributed by atoms with Crippen molar-refractivity contribution in [2.24, 2.45) is 5.73 Å². The van der Waals surface area contributed by atoms with Crippen molar-refractivity contribution in [1.29, 1.82) is 0 Å². The highest BCUT2D eigenvalue weighted by atomic mass is 16.5. The molecule has 0 aliphatic rings. The van der Waals surface area contributed by atoms with E-state index in [9.17, 15) is 4.79 Å². The van der Waals surface area contributed by atoms with Gasteiger partial charge in [-0.1, -0.05) is 24.3 Å². The summed E-state index contributed by atoms with van der Waals surface area (Å²) in [6, 6.07) is 13.4. The zero-order valence-electron chi connectivity index (χ0n) is 12.3. The summed E-state index contributed by atoms with van der Waals surface area (Å²) in [5.74, 6) is 0.227. The van der Waals surface area contributed by atoms with Crippen LogP contribution in [0.3, 0.4) is 0 Å². The third kappa shape index (κ3) is 3.61. The van der Waals surface area contributed by atoms with E-state index in [1.165, 1.54) is 7.11 Å². The second-order valence-electron chi connectivity index (χ2n) is 4.69. The van der Waals surface area contributed by atoms with Crippen LogP contribution < -0.4 is 10.5 Å². The first-order valence-corrected chi connectivity index (χ1v) is 6.78. The van der Waals surface area contributed by atoms with Crippen molar-refractivity contribution in [1.82, 2.24) is 0 Å². The lowest BCUT2D eigenvalue weighted by molar-refractivity contribution is 0.0600. The van der Waals surface area contributed by atoms with Gasteiger partial charge in [0.15, 0.2) is 0 Å². The van der Waals surface area contributed by atoms with E-state index in [4.69, 9.17) is 15.2 Å². The van der Waals surface area contributed by atoms with Crippen LogP contribution in [-0.4, -0.2) is 26.2 Å². The van der Waals surface area contributed by atoms with E-state index in [-0.39, 0.29) is 5.97 Å². The number of hydrogen-bond donors (Lipinski definition) is 1. The van der Waals surface area contributed by atoms with Gasteiger partial charge >= 0.3 is 5.97 Å². The molecule has 0 amide bonds. The minimum Gasteiger partial charge on any atom is -0.492 e. The number of ether oxygens (including phenoxy) is 2. The standard InChI is InChI=1S/C17H19NO3/c1-12-5-3-4-6-16(12)13-9-14(17(19)20-2)11-15(10-13)21-8-7-18/h3-6,9-11H,7-8,18H2,1-2H3. The molecule has 0 saturated carbocycles. The fourth-order valence-electron chi connectivity index (χ4n) is 2.15. The van der Waals surface area contributed by atoms with Crippen LogP contribution in [0.25, 0.3) is 11.1 Å². The van der Waals surface area contributed by atoms with Gasteiger partial charge in [0.25, 0.3) is 0 Å². The third-order valence-corrected chi connectivity index (χ3v) is 3.17. The van der Waals surface area contributed by atoms with Crippen molar-refractivity contribution < 1.29 is 14.3 Å². The summed E-state index contributed by atoms with van der Waals surface area (Å²) in [5.41, 5.74) is 9.03. The third-order valence-electron chi connectivity index (χ3n) is 3.17. The van der Waals surface area contributed by atoms with Gasteiger partial charge in [-0.15, -0.1) is 0 Å². The van der Waals surface area contributed by atoms with Crippen molar-refractivity contribution >= 4 is 5.97 Å². The lowest BCUT2D eigenvalue weighted by Crippen LogP contribution is -2.11. The quantitative estimate of drug-likeness (QED) is 0.858. The fraction of sp³-hybridized carbons (Fsp3) is 0.235. The summed E-state index contributed by atoms with van der Waals surface area (Å²) in [6.45, 7) is 2.85. The molecule has 2 N–H and O–H groups in total. The number of hydrogen-bond acceptors (Lipinski definition) is 4. The van der Waals surface area contributed by atoms with Crippen molar-refractivity contribution in [2.75, 3.05) is 20.3 Å². The highest BCUT2D eigenvalue weighted by Crippen LogP contribution is 2.28. The summed E-state index contributed by atoms with van der Waals surface area (Å²) >= 11 is 0. The zero-order valence-corrected chi connectivity index (χ0v) is 12.3. The molecule has 0 aliphatic carbocycles. The van der Waals surface area contributed by atoms with Crippen molar-refractivity contribution in [3.8, 4) is 16.9 Å². The maximum atomic E-state index is 11.8. The van der Waals surface area contributed by atoms with E-state index in [0.29, 0.717) is 24.5 Å². The van der Waals surface area contributed by atoms with Gasteiger partial charge in [0, 0.05) is 6.54 Å². The summed E-state index contributed by atoms with van der Waals surface area (Å²) in [5, 5.41) is 0. The lowest BCUT2D eigenvalue weighted by atomic mass is 9.98. The van der Waals surface area contributed by atoms with Gasteiger partial charge in [0.05, 0.1) is 12.7 Å². The van der Waals surface area contributed by atoms with Crippen LogP contribution in [0.15, 0.2) is 42.5 Å². The predicted octanol–water partition coefficient (Wildman–Crippen LogP) is 2.79. The number of carbonyl (C=O) groups excluding carboxylic acids is 1. The Morgan fingerprint density at radius 3 is 2.62 bits per heavy atom. The van der Waals surface area contributed by atoms with Crippen LogP contribution in [0.2, 0.25) is 0 Å². The van der Waals surface area contributed by atoms with Gasteiger partial charge in [-0.05, 0) is 41.8 Å². The molecule has 21 heavy (non-hydrogen) atoms. The Hall–Kier alpha value is -2.33. The van der Waals surface area contributed by atoms with Gasteiger partial charge in [0.2, 0.25) is 0 Å². The molecule has 0 atom stereocenters. The van der Waals surface area contributed by atoms with E-state index in [0.717, 1.165) is 16.7 Å². The van der Waals surface area contributed by atoms with Crippen molar-refractivity contribution in [2.45, 2.75) is 6.92 Å². The normalized spacial score (nSPS) is 10.2. The van der Waals surface area contributed by atoms with Crippen LogP contribution in [-0.2, 0) is 4.74 Å². The summed E-state index contributed by atoms with van der Waals surface area (Å²) in [7, 11) is 1.36. The number of aryl methyl sites for hydroxylation is 1. The molecule has 0 fully saturated rings. The maximum absolute atomic E-state index is 11.8. The van der Waals surface area contributed by atoms with E-state index in [2.05, 4.69) is 0 Å². The Labute approximate surface area is 124 Å². The molecule has 0 saturated heterocycles. The molecule has 2 aromatic carbocycles. The Morgan fingerprint density at radius 1 is 1.19 bits per heavy atom. The lowest BCUT2D eigenvalue weighted by Gasteiger charge is -2.11. The van der Waals surface area contributed by atoms with Gasteiger partial charge < -0.3 is 15.2 Å². The van der Waals surface area contributed by atoms with Gasteiger partial charge in [-0.25, -0.2) is 4.79 Å². The maximum Gasteiger partial charge on any atom is 0.338 e. The number of nitrogens with two attached hydrogens (primary N) is 1. The topological polar surface area (TPSA) is 61.5 Å². The smallest absolute Gasteiger partial charge is 0.338 e. The first-order valence-electron chi connectivity index (χ1n) is 6.78. The number of rotatable bonds is 5. The second-order valence-corrected chi connectivity index (χ2v) is 4.69. The van der Waals surface area contributed by atoms with E-state index < -0.39 is 0 Å². The molecular weight excluding hydrogens is 266 g/mol. The first kappa shape index (κ1) is 15.1. The fourth-order valence-corrected chi connectivity index (χ4v) is 2.15. The van der Waals surface area contributed by atoms with Crippen molar-refractivity contribution in [3.63, 3.8) is 0 Å². The minimum absolute atomic E-state index is 0.386. The minimum atomic E-state index is -0.386. The molecule has 4 heteroatoms. The second kappa shape index (κ2) is 6.90. The number of methoxy groups -OCH3 is 1. The molecule has 0 aliphatic heterocycles. The molecule has 2 rings (SSSR count). The molecule has 0 unspecified atom stereocenters. The molecule has 0 bridgehead atoms. The molecule has 0 heterocycles. The van der Waals surface area contributed by atoms with Crippen molar-refractivity contribution in [3.05, 3.63) is 53.6 Å². The average Bonchev–Trinajstić information content (AvgIpc) is 2.52. The molecule has 4 nitrogen and oxygen atoms in total. The Kier molecular flexibility index (Phi) is 4.95. The summed E-state index contributed by atoms with van der Waals surface area (Å²) in [4.78, 5) is 11.8. The van der Waals surface area contributed by atoms with Gasteiger partial charge in [-0.2, -0.15) is 0 Å². The number of esters is 1. The van der Waals surface area contributed by atoms with Crippen LogP contribution in [0.1, 0.15) is 15.9 Å². The van der Waals surface area contributed by atoms with Gasteiger partial charge in [0.1, 0.15) is 12.4 Å². The Balaban J connectivity index is 2.49. The largest absolute Gasteiger partial charge is 0.492 e. The number of benzene rings is 2. The van der Waals surface area contributed by atoms with E-state index in [1.54, 1.807) is 6.07 Å². The molecular formula is C17H19NO3. The van der Waals surface area contributed by atoms with Crippen LogP contribution in [0.5, 0.6) is 5.75 Å². The van der Waals surface area contributed by atoms with Crippen LogP contribution >= 0.6 is 0 Å².